The number of halogens is 2. The molecule has 84 valence electrons. The summed E-state index contributed by atoms with van der Waals surface area (Å²) in [5.74, 6) is 0.441. The Balaban J connectivity index is 2.04. The van der Waals surface area contributed by atoms with Crippen LogP contribution in [-0.2, 0) is 12.8 Å². The molecule has 0 saturated heterocycles. The Morgan fingerprint density at radius 2 is 2.31 bits per heavy atom. The Kier molecular flexibility index (Phi) is 3.66. The van der Waals surface area contributed by atoms with Crippen LogP contribution in [0.5, 0.6) is 0 Å². The van der Waals surface area contributed by atoms with Gasteiger partial charge in [-0.15, -0.1) is 11.8 Å². The van der Waals surface area contributed by atoms with Crippen molar-refractivity contribution in [2.75, 3.05) is 0 Å². The number of hydrogen-bond donors (Lipinski definition) is 0. The maximum atomic E-state index is 13.5. The average Bonchev–Trinajstić information content (AvgIpc) is 2.63. The van der Waals surface area contributed by atoms with Crippen LogP contribution in [0.4, 0.5) is 4.39 Å². The van der Waals surface area contributed by atoms with Gasteiger partial charge in [-0.2, -0.15) is 5.10 Å². The topological polar surface area (TPSA) is 17.8 Å². The van der Waals surface area contributed by atoms with Gasteiger partial charge in [0, 0.05) is 28.4 Å². The van der Waals surface area contributed by atoms with Crippen molar-refractivity contribution < 1.29 is 4.39 Å². The Bertz CT molecular complexity index is 498. The fourth-order valence-electron chi connectivity index (χ4n) is 1.27. The van der Waals surface area contributed by atoms with Gasteiger partial charge in [0.05, 0.1) is 6.20 Å². The van der Waals surface area contributed by atoms with Crippen molar-refractivity contribution in [2.45, 2.75) is 10.6 Å². The van der Waals surface area contributed by atoms with Crippen molar-refractivity contribution in [2.24, 2.45) is 7.05 Å². The first-order valence-electron chi connectivity index (χ1n) is 4.70. The van der Waals surface area contributed by atoms with Crippen molar-refractivity contribution in [1.29, 1.82) is 0 Å². The third-order valence-electron chi connectivity index (χ3n) is 2.09. The first kappa shape index (κ1) is 11.7. The predicted molar refractivity (Wildman–Crippen MR) is 66.9 cm³/mol. The molecule has 2 aromatic rings. The quantitative estimate of drug-likeness (QED) is 0.806. The van der Waals surface area contributed by atoms with E-state index >= 15 is 0 Å². The molecule has 0 aliphatic heterocycles. The second kappa shape index (κ2) is 5.01. The molecule has 0 aliphatic carbocycles. The second-order valence-corrected chi connectivity index (χ2v) is 5.34. The minimum absolute atomic E-state index is 0.175. The molecule has 2 rings (SSSR count). The highest BCUT2D eigenvalue weighted by Crippen LogP contribution is 2.24. The summed E-state index contributed by atoms with van der Waals surface area (Å²) in [6, 6.07) is 5.13. The molecule has 1 heterocycles. The molecule has 1 aromatic heterocycles. The fraction of sp³-hybridized carbons (Fsp3) is 0.182. The van der Waals surface area contributed by atoms with Gasteiger partial charge in [-0.3, -0.25) is 4.68 Å². The maximum absolute atomic E-state index is 13.5. The summed E-state index contributed by atoms with van der Waals surface area (Å²) in [5, 5.41) is 4.06. The highest BCUT2D eigenvalue weighted by atomic mass is 79.9. The minimum atomic E-state index is -0.175. The molecule has 0 amide bonds. The molecule has 1 aromatic carbocycles. The second-order valence-electron chi connectivity index (χ2n) is 3.37. The molecule has 16 heavy (non-hydrogen) atoms. The van der Waals surface area contributed by atoms with E-state index in [0.717, 1.165) is 9.37 Å². The van der Waals surface area contributed by atoms with Gasteiger partial charge in [-0.05, 0) is 17.7 Å². The molecule has 0 fully saturated rings. The molecule has 0 aliphatic rings. The fourth-order valence-corrected chi connectivity index (χ4v) is 2.51. The van der Waals surface area contributed by atoms with E-state index in [-0.39, 0.29) is 5.82 Å². The summed E-state index contributed by atoms with van der Waals surface area (Å²) in [4.78, 5) is 1.05. The Hall–Kier alpha value is -0.810. The third kappa shape index (κ3) is 2.86. The van der Waals surface area contributed by atoms with Crippen LogP contribution < -0.4 is 0 Å². The minimum Gasteiger partial charge on any atom is -0.275 e. The zero-order valence-electron chi connectivity index (χ0n) is 8.65. The maximum Gasteiger partial charge on any atom is 0.128 e. The van der Waals surface area contributed by atoms with Gasteiger partial charge in [0.15, 0.2) is 0 Å². The van der Waals surface area contributed by atoms with E-state index in [1.54, 1.807) is 28.7 Å². The van der Waals surface area contributed by atoms with Crippen molar-refractivity contribution in [3.8, 4) is 0 Å². The van der Waals surface area contributed by atoms with E-state index in [1.807, 2.05) is 19.3 Å². The standard InChI is InChI=1S/C11H10BrFN2S/c1-15-6-10(5-14-15)16-7-8-2-3-9(12)4-11(8)13/h2-6H,7H2,1H3. The van der Waals surface area contributed by atoms with Crippen LogP contribution in [0.3, 0.4) is 0 Å². The van der Waals surface area contributed by atoms with E-state index in [1.165, 1.54) is 6.07 Å². The lowest BCUT2D eigenvalue weighted by molar-refractivity contribution is 0.616. The lowest BCUT2D eigenvalue weighted by Gasteiger charge is -2.02. The average molecular weight is 301 g/mol. The van der Waals surface area contributed by atoms with Crippen molar-refractivity contribution in [1.82, 2.24) is 9.78 Å². The van der Waals surface area contributed by atoms with Crippen LogP contribution in [0.1, 0.15) is 5.56 Å². The van der Waals surface area contributed by atoms with E-state index in [9.17, 15) is 4.39 Å². The number of rotatable bonds is 3. The van der Waals surface area contributed by atoms with Crippen LogP contribution >= 0.6 is 27.7 Å². The summed E-state index contributed by atoms with van der Waals surface area (Å²) in [6.45, 7) is 0. The van der Waals surface area contributed by atoms with Crippen LogP contribution in [0.15, 0.2) is 40.0 Å². The smallest absolute Gasteiger partial charge is 0.128 e. The lowest BCUT2D eigenvalue weighted by atomic mass is 10.2. The van der Waals surface area contributed by atoms with Crippen LogP contribution in [0, 0.1) is 5.82 Å². The largest absolute Gasteiger partial charge is 0.275 e. The van der Waals surface area contributed by atoms with Gasteiger partial charge < -0.3 is 0 Å². The number of aryl methyl sites for hydroxylation is 1. The monoisotopic (exact) mass is 300 g/mol. The van der Waals surface area contributed by atoms with Crippen LogP contribution in [0.2, 0.25) is 0 Å². The third-order valence-corrected chi connectivity index (χ3v) is 3.58. The summed E-state index contributed by atoms with van der Waals surface area (Å²) in [5.41, 5.74) is 0.706. The number of nitrogens with zero attached hydrogens (tertiary/aromatic N) is 2. The molecule has 0 radical (unpaired) electrons. The number of benzene rings is 1. The van der Waals surface area contributed by atoms with Crippen LogP contribution in [-0.4, -0.2) is 9.78 Å². The zero-order chi connectivity index (χ0) is 11.5. The first-order valence-corrected chi connectivity index (χ1v) is 6.48. The summed E-state index contributed by atoms with van der Waals surface area (Å²) >= 11 is 4.81. The molecule has 2 nitrogen and oxygen atoms in total. The van der Waals surface area contributed by atoms with Crippen molar-refractivity contribution in [3.05, 3.63) is 46.4 Å². The number of aromatic nitrogens is 2. The molecular formula is C11H10BrFN2S. The van der Waals surface area contributed by atoms with E-state index in [4.69, 9.17) is 0 Å². The van der Waals surface area contributed by atoms with Crippen LogP contribution in [0.25, 0.3) is 0 Å². The summed E-state index contributed by atoms with van der Waals surface area (Å²) < 4.78 is 16.0. The molecule has 0 bridgehead atoms. The molecule has 0 atom stereocenters. The molecule has 0 saturated carbocycles. The van der Waals surface area contributed by atoms with E-state index in [0.29, 0.717) is 11.3 Å². The highest BCUT2D eigenvalue weighted by Gasteiger charge is 2.04. The zero-order valence-corrected chi connectivity index (χ0v) is 11.1. The predicted octanol–water partition coefficient (Wildman–Crippen LogP) is 3.61. The van der Waals surface area contributed by atoms with Crippen molar-refractivity contribution >= 4 is 27.7 Å². The molecule has 0 unspecified atom stereocenters. The highest BCUT2D eigenvalue weighted by molar-refractivity contribution is 9.10. The van der Waals surface area contributed by atoms with Gasteiger partial charge >= 0.3 is 0 Å². The van der Waals surface area contributed by atoms with Gasteiger partial charge in [-0.1, -0.05) is 22.0 Å². The Morgan fingerprint density at radius 3 is 2.94 bits per heavy atom. The number of thioether (sulfide) groups is 1. The van der Waals surface area contributed by atoms with E-state index < -0.39 is 0 Å². The lowest BCUT2D eigenvalue weighted by Crippen LogP contribution is -1.87. The Morgan fingerprint density at radius 1 is 1.50 bits per heavy atom. The van der Waals surface area contributed by atoms with Gasteiger partial charge in [0.1, 0.15) is 5.82 Å². The van der Waals surface area contributed by atoms with E-state index in [2.05, 4.69) is 21.0 Å². The molecule has 5 heteroatoms. The summed E-state index contributed by atoms with van der Waals surface area (Å²) in [7, 11) is 1.87. The Labute approximate surface area is 106 Å². The summed E-state index contributed by atoms with van der Waals surface area (Å²) in [6.07, 6.45) is 3.70. The molecular weight excluding hydrogens is 291 g/mol. The molecule has 0 N–H and O–H groups in total. The normalized spacial score (nSPS) is 10.7. The van der Waals surface area contributed by atoms with Gasteiger partial charge in [-0.25, -0.2) is 4.39 Å². The van der Waals surface area contributed by atoms with Crippen molar-refractivity contribution in [3.63, 3.8) is 0 Å². The SMILES string of the molecule is Cn1cc(SCc2ccc(Br)cc2F)cn1. The van der Waals surface area contributed by atoms with Gasteiger partial charge in [0.25, 0.3) is 0 Å². The molecule has 0 spiro atoms. The van der Waals surface area contributed by atoms with Gasteiger partial charge in [0.2, 0.25) is 0 Å². The first-order chi connectivity index (χ1) is 7.65. The number of hydrogen-bond acceptors (Lipinski definition) is 2.